The minimum atomic E-state index is -1.14. The van der Waals surface area contributed by atoms with Crippen molar-refractivity contribution in [3.63, 3.8) is 0 Å². The zero-order valence-electron chi connectivity index (χ0n) is 14.1. The van der Waals surface area contributed by atoms with Gasteiger partial charge < -0.3 is 5.11 Å². The Morgan fingerprint density at radius 3 is 2.43 bits per heavy atom. The highest BCUT2D eigenvalue weighted by molar-refractivity contribution is 8.27. The summed E-state index contributed by atoms with van der Waals surface area (Å²) in [4.78, 5) is 40.0. The molecule has 28 heavy (non-hydrogen) atoms. The number of fused-ring (bicyclic) bond motifs is 1. The van der Waals surface area contributed by atoms with E-state index < -0.39 is 24.3 Å². The van der Waals surface area contributed by atoms with Crippen molar-refractivity contribution < 1.29 is 19.5 Å². The fourth-order valence-corrected chi connectivity index (χ4v) is 4.62. The number of benzene rings is 2. The number of halogens is 1. The number of hydrogen-bond donors (Lipinski definition) is 1. The lowest BCUT2D eigenvalue weighted by Gasteiger charge is -2.14. The second-order valence-electron chi connectivity index (χ2n) is 5.99. The predicted octanol–water partition coefficient (Wildman–Crippen LogP) is 3.55. The SMILES string of the molecule is O=C(O)CN1C(=O)C(=C2SC(=S)N(c3ccc(Cl)cc3)C2=O)c2ccccc21. The van der Waals surface area contributed by atoms with Crippen molar-refractivity contribution in [2.45, 2.75) is 0 Å². The molecule has 2 aromatic carbocycles. The van der Waals surface area contributed by atoms with Crippen LogP contribution in [0.25, 0.3) is 5.57 Å². The van der Waals surface area contributed by atoms with Crippen LogP contribution >= 0.6 is 35.6 Å². The lowest BCUT2D eigenvalue weighted by Crippen LogP contribution is -2.32. The van der Waals surface area contributed by atoms with Crippen molar-refractivity contribution in [2.75, 3.05) is 16.3 Å². The Morgan fingerprint density at radius 2 is 1.75 bits per heavy atom. The molecule has 2 amide bonds. The van der Waals surface area contributed by atoms with E-state index in [0.717, 1.165) is 16.7 Å². The maximum atomic E-state index is 13.1. The Hall–Kier alpha value is -2.68. The monoisotopic (exact) mass is 430 g/mol. The van der Waals surface area contributed by atoms with Crippen LogP contribution in [0.15, 0.2) is 53.4 Å². The molecule has 0 saturated carbocycles. The second kappa shape index (κ2) is 7.05. The summed E-state index contributed by atoms with van der Waals surface area (Å²) in [6.07, 6.45) is 0. The van der Waals surface area contributed by atoms with Crippen LogP contribution in [0, 0.1) is 0 Å². The van der Waals surface area contributed by atoms with Crippen molar-refractivity contribution in [2.24, 2.45) is 0 Å². The van der Waals surface area contributed by atoms with Crippen LogP contribution in [-0.2, 0) is 14.4 Å². The van der Waals surface area contributed by atoms with E-state index in [1.54, 1.807) is 48.5 Å². The molecule has 0 atom stereocenters. The summed E-state index contributed by atoms with van der Waals surface area (Å²) in [5, 5.41) is 9.68. The molecule has 2 aliphatic rings. The summed E-state index contributed by atoms with van der Waals surface area (Å²) >= 11 is 12.3. The fourth-order valence-electron chi connectivity index (χ4n) is 3.12. The summed E-state index contributed by atoms with van der Waals surface area (Å²) in [7, 11) is 0. The Balaban J connectivity index is 1.82. The summed E-state index contributed by atoms with van der Waals surface area (Å²) in [5.74, 6) is -2.09. The van der Waals surface area contributed by atoms with E-state index in [0.29, 0.717) is 22.0 Å². The number of rotatable bonds is 3. The minimum absolute atomic E-state index is 0.172. The fraction of sp³-hybridized carbons (Fsp3) is 0.0526. The van der Waals surface area contributed by atoms with Crippen LogP contribution in [0.5, 0.6) is 0 Å². The Bertz CT molecular complexity index is 1080. The quantitative estimate of drug-likeness (QED) is 0.592. The van der Waals surface area contributed by atoms with Gasteiger partial charge in [-0.2, -0.15) is 0 Å². The molecule has 1 saturated heterocycles. The number of thiocarbonyl (C=S) groups is 1. The highest BCUT2D eigenvalue weighted by atomic mass is 35.5. The average Bonchev–Trinajstić information content (AvgIpc) is 3.09. The number of aliphatic carboxylic acids is 1. The van der Waals surface area contributed by atoms with Crippen LogP contribution in [0.2, 0.25) is 5.02 Å². The number of carbonyl (C=O) groups excluding carboxylic acids is 2. The molecule has 0 unspecified atom stereocenters. The van der Waals surface area contributed by atoms with E-state index in [4.69, 9.17) is 28.9 Å². The van der Waals surface area contributed by atoms with E-state index in [2.05, 4.69) is 0 Å². The van der Waals surface area contributed by atoms with E-state index >= 15 is 0 Å². The van der Waals surface area contributed by atoms with Gasteiger partial charge in [0.05, 0.1) is 21.9 Å². The molecule has 140 valence electrons. The number of carboxylic acid groups (broad SMARTS) is 1. The molecule has 1 N–H and O–H groups in total. The molecule has 1 fully saturated rings. The van der Waals surface area contributed by atoms with Gasteiger partial charge in [-0.25, -0.2) is 0 Å². The third kappa shape index (κ3) is 2.99. The molecule has 2 aromatic rings. The maximum Gasteiger partial charge on any atom is 0.323 e. The molecule has 2 aliphatic heterocycles. The van der Waals surface area contributed by atoms with Crippen molar-refractivity contribution in [3.05, 3.63) is 64.0 Å². The average molecular weight is 431 g/mol. The van der Waals surface area contributed by atoms with Gasteiger partial charge in [-0.1, -0.05) is 53.8 Å². The maximum absolute atomic E-state index is 13.1. The minimum Gasteiger partial charge on any atom is -0.480 e. The first-order valence-corrected chi connectivity index (χ1v) is 9.68. The van der Waals surface area contributed by atoms with Gasteiger partial charge in [0.25, 0.3) is 11.8 Å². The van der Waals surface area contributed by atoms with Gasteiger partial charge in [0, 0.05) is 10.6 Å². The van der Waals surface area contributed by atoms with E-state index in [1.165, 1.54) is 4.90 Å². The number of nitrogens with zero attached hydrogens (tertiary/aromatic N) is 2. The zero-order chi connectivity index (χ0) is 20.0. The normalized spacial score (nSPS) is 18.8. The summed E-state index contributed by atoms with van der Waals surface area (Å²) in [5.41, 5.74) is 1.70. The van der Waals surface area contributed by atoms with Crippen LogP contribution in [0.4, 0.5) is 11.4 Å². The molecule has 2 heterocycles. The smallest absolute Gasteiger partial charge is 0.323 e. The number of thioether (sulfide) groups is 1. The molecule has 0 aliphatic carbocycles. The highest BCUT2D eigenvalue weighted by Crippen LogP contribution is 2.45. The molecule has 6 nitrogen and oxygen atoms in total. The Labute approximate surface area is 174 Å². The topological polar surface area (TPSA) is 77.9 Å². The first kappa shape index (κ1) is 18.7. The summed E-state index contributed by atoms with van der Waals surface area (Å²) in [6.45, 7) is -0.489. The van der Waals surface area contributed by atoms with Crippen molar-refractivity contribution in [1.29, 1.82) is 0 Å². The standard InChI is InChI=1S/C19H11ClN2O4S2/c20-10-5-7-11(8-6-10)22-18(26)16(28-19(22)27)15-12-3-1-2-4-13(12)21(17(15)25)9-14(23)24/h1-8H,9H2,(H,23,24). The van der Waals surface area contributed by atoms with Crippen LogP contribution < -0.4 is 9.80 Å². The van der Waals surface area contributed by atoms with Gasteiger partial charge in [0.2, 0.25) is 0 Å². The van der Waals surface area contributed by atoms with Crippen molar-refractivity contribution in [3.8, 4) is 0 Å². The molecule has 0 bridgehead atoms. The number of amides is 2. The van der Waals surface area contributed by atoms with Gasteiger partial charge in [0.1, 0.15) is 6.54 Å². The number of anilines is 2. The van der Waals surface area contributed by atoms with Crippen molar-refractivity contribution in [1.82, 2.24) is 0 Å². The Kier molecular flexibility index (Phi) is 4.70. The van der Waals surface area contributed by atoms with E-state index in [9.17, 15) is 14.4 Å². The van der Waals surface area contributed by atoms with Crippen LogP contribution in [-0.4, -0.2) is 33.8 Å². The third-order valence-electron chi connectivity index (χ3n) is 4.30. The van der Waals surface area contributed by atoms with Crippen LogP contribution in [0.1, 0.15) is 5.56 Å². The first-order chi connectivity index (χ1) is 13.4. The third-order valence-corrected chi connectivity index (χ3v) is 5.92. The highest BCUT2D eigenvalue weighted by Gasteiger charge is 2.42. The van der Waals surface area contributed by atoms with Gasteiger partial charge in [0.15, 0.2) is 4.32 Å². The molecular weight excluding hydrogens is 420 g/mol. The summed E-state index contributed by atoms with van der Waals surface area (Å²) in [6, 6.07) is 13.4. The number of carboxylic acids is 1. The van der Waals surface area contributed by atoms with E-state index in [1.807, 2.05) is 0 Å². The molecular formula is C19H11ClN2O4S2. The van der Waals surface area contributed by atoms with E-state index in [-0.39, 0.29) is 14.8 Å². The first-order valence-electron chi connectivity index (χ1n) is 8.07. The van der Waals surface area contributed by atoms with Crippen molar-refractivity contribution >= 4 is 74.6 Å². The van der Waals surface area contributed by atoms with Gasteiger partial charge >= 0.3 is 5.97 Å². The number of carbonyl (C=O) groups is 3. The molecule has 0 radical (unpaired) electrons. The zero-order valence-corrected chi connectivity index (χ0v) is 16.5. The molecule has 0 aromatic heterocycles. The molecule has 9 heteroatoms. The van der Waals surface area contributed by atoms with Gasteiger partial charge in [-0.15, -0.1) is 0 Å². The Morgan fingerprint density at radius 1 is 1.07 bits per heavy atom. The molecule has 4 rings (SSSR count). The van der Waals surface area contributed by atoms with Gasteiger partial charge in [-0.3, -0.25) is 24.2 Å². The summed E-state index contributed by atoms with van der Waals surface area (Å²) < 4.78 is 0.289. The lowest BCUT2D eigenvalue weighted by atomic mass is 10.1. The van der Waals surface area contributed by atoms with Crippen LogP contribution in [0.3, 0.4) is 0 Å². The predicted molar refractivity (Wildman–Crippen MR) is 112 cm³/mol. The lowest BCUT2D eigenvalue weighted by molar-refractivity contribution is -0.136. The molecule has 0 spiro atoms. The number of hydrogen-bond acceptors (Lipinski definition) is 5. The largest absolute Gasteiger partial charge is 0.480 e. The second-order valence-corrected chi connectivity index (χ2v) is 8.07. The van der Waals surface area contributed by atoms with Gasteiger partial charge in [-0.05, 0) is 30.3 Å². The number of para-hydroxylation sites is 1.